The van der Waals surface area contributed by atoms with Crippen molar-refractivity contribution in [2.75, 3.05) is 6.54 Å². The minimum Gasteiger partial charge on any atom is -0.344 e. The predicted molar refractivity (Wildman–Crippen MR) is 80.6 cm³/mol. The minimum absolute atomic E-state index is 0.00106. The van der Waals surface area contributed by atoms with Crippen molar-refractivity contribution in [1.82, 2.24) is 10.2 Å². The van der Waals surface area contributed by atoms with Crippen LogP contribution in [0.25, 0.3) is 0 Å². The van der Waals surface area contributed by atoms with Crippen LogP contribution >= 0.6 is 0 Å². The highest BCUT2D eigenvalue weighted by molar-refractivity contribution is 5.90. The van der Waals surface area contributed by atoms with E-state index in [0.717, 1.165) is 18.4 Å². The van der Waals surface area contributed by atoms with E-state index in [4.69, 9.17) is 0 Å². The molecule has 21 heavy (non-hydrogen) atoms. The molecule has 2 aliphatic rings. The molecule has 1 heterocycles. The highest BCUT2D eigenvalue weighted by Gasteiger charge is 2.42. The molecule has 1 saturated heterocycles. The summed E-state index contributed by atoms with van der Waals surface area (Å²) in [6, 6.07) is 7.96. The number of nitrogens with zero attached hydrogens (tertiary/aromatic N) is 1. The molecule has 3 rings (SSSR count). The van der Waals surface area contributed by atoms with Crippen LogP contribution in [0.5, 0.6) is 0 Å². The summed E-state index contributed by atoms with van der Waals surface area (Å²) in [5.41, 5.74) is 2.33. The van der Waals surface area contributed by atoms with Crippen LogP contribution in [0.1, 0.15) is 43.4 Å². The summed E-state index contributed by atoms with van der Waals surface area (Å²) < 4.78 is 0. The van der Waals surface area contributed by atoms with Crippen molar-refractivity contribution < 1.29 is 9.59 Å². The minimum atomic E-state index is -0.312. The van der Waals surface area contributed by atoms with Crippen LogP contribution in [-0.4, -0.2) is 29.3 Å². The lowest BCUT2D eigenvalue weighted by Crippen LogP contribution is -2.46. The molecule has 0 radical (unpaired) electrons. The van der Waals surface area contributed by atoms with E-state index in [1.54, 1.807) is 0 Å². The van der Waals surface area contributed by atoms with Crippen molar-refractivity contribution in [1.29, 1.82) is 0 Å². The smallest absolute Gasteiger partial charge is 0.245 e. The molecule has 0 spiro atoms. The van der Waals surface area contributed by atoms with Crippen molar-refractivity contribution >= 4 is 11.8 Å². The van der Waals surface area contributed by atoms with Crippen molar-refractivity contribution in [3.05, 3.63) is 35.4 Å². The van der Waals surface area contributed by atoms with E-state index in [0.29, 0.717) is 18.9 Å². The van der Waals surface area contributed by atoms with Gasteiger partial charge in [-0.05, 0) is 38.2 Å². The van der Waals surface area contributed by atoms with Crippen molar-refractivity contribution in [3.8, 4) is 0 Å². The maximum atomic E-state index is 12.8. The van der Waals surface area contributed by atoms with Crippen LogP contribution < -0.4 is 5.32 Å². The van der Waals surface area contributed by atoms with Gasteiger partial charge in [0.15, 0.2) is 0 Å². The number of carbonyl (C=O) groups is 2. The number of aryl methyl sites for hydroxylation is 1. The Bertz CT molecular complexity index is 548. The van der Waals surface area contributed by atoms with Crippen LogP contribution in [-0.2, 0) is 9.59 Å². The zero-order valence-electron chi connectivity index (χ0n) is 12.6. The molecule has 0 bridgehead atoms. The van der Waals surface area contributed by atoms with Gasteiger partial charge in [0.25, 0.3) is 0 Å². The Balaban J connectivity index is 1.83. The van der Waals surface area contributed by atoms with Gasteiger partial charge in [0.05, 0.1) is 6.04 Å². The average Bonchev–Trinajstić information content (AvgIpc) is 3.29. The standard InChI is InChI=1S/C17H22N2O2/c1-11-3-5-13(6-4-11)12(2)19-10-9-15(20)18-16(17(19)21)14-7-8-14/h3-6,12,14,16H,7-10H2,1-2H3,(H,18,20). The molecule has 4 nitrogen and oxygen atoms in total. The van der Waals surface area contributed by atoms with E-state index < -0.39 is 0 Å². The lowest BCUT2D eigenvalue weighted by molar-refractivity contribution is -0.136. The SMILES string of the molecule is Cc1ccc(C(C)N2CCC(=O)NC(C3CC3)C2=O)cc1. The molecule has 112 valence electrons. The largest absolute Gasteiger partial charge is 0.344 e. The van der Waals surface area contributed by atoms with Gasteiger partial charge >= 0.3 is 0 Å². The number of amides is 2. The summed E-state index contributed by atoms with van der Waals surface area (Å²) in [5, 5.41) is 2.91. The van der Waals surface area contributed by atoms with Crippen molar-refractivity contribution in [2.24, 2.45) is 5.92 Å². The first kappa shape index (κ1) is 14.1. The Morgan fingerprint density at radius 1 is 1.19 bits per heavy atom. The first-order valence-electron chi connectivity index (χ1n) is 7.72. The Kier molecular flexibility index (Phi) is 3.70. The molecule has 4 heteroatoms. The summed E-state index contributed by atoms with van der Waals surface area (Å²) in [6.07, 6.45) is 2.48. The zero-order chi connectivity index (χ0) is 15.0. The average molecular weight is 286 g/mol. The molecule has 1 N–H and O–H groups in total. The van der Waals surface area contributed by atoms with Crippen molar-refractivity contribution in [3.63, 3.8) is 0 Å². The maximum absolute atomic E-state index is 12.8. The molecule has 1 aliphatic heterocycles. The molecule has 1 saturated carbocycles. The van der Waals surface area contributed by atoms with Crippen LogP contribution in [0, 0.1) is 12.8 Å². The Labute approximate surface area is 125 Å². The van der Waals surface area contributed by atoms with Gasteiger partial charge in [-0.3, -0.25) is 9.59 Å². The number of benzene rings is 1. The molecule has 1 aliphatic carbocycles. The van der Waals surface area contributed by atoms with Crippen molar-refractivity contribution in [2.45, 2.75) is 45.2 Å². The molecule has 2 amide bonds. The Morgan fingerprint density at radius 2 is 1.86 bits per heavy atom. The van der Waals surface area contributed by atoms with Gasteiger partial charge in [-0.1, -0.05) is 29.8 Å². The third kappa shape index (κ3) is 2.94. The fraction of sp³-hybridized carbons (Fsp3) is 0.529. The second-order valence-electron chi connectivity index (χ2n) is 6.25. The van der Waals surface area contributed by atoms with E-state index in [1.807, 2.05) is 11.8 Å². The second-order valence-corrected chi connectivity index (χ2v) is 6.25. The van der Waals surface area contributed by atoms with E-state index in [1.165, 1.54) is 5.56 Å². The number of nitrogens with one attached hydrogen (secondary N) is 1. The monoisotopic (exact) mass is 286 g/mol. The maximum Gasteiger partial charge on any atom is 0.245 e. The molecular weight excluding hydrogens is 264 g/mol. The predicted octanol–water partition coefficient (Wildman–Crippen LogP) is 2.18. The topological polar surface area (TPSA) is 49.4 Å². The number of carbonyl (C=O) groups excluding carboxylic acids is 2. The van der Waals surface area contributed by atoms with Gasteiger partial charge in [-0.15, -0.1) is 0 Å². The summed E-state index contributed by atoms with van der Waals surface area (Å²) in [7, 11) is 0. The van der Waals surface area contributed by atoms with Gasteiger partial charge < -0.3 is 10.2 Å². The Hall–Kier alpha value is -1.84. The summed E-state index contributed by atoms with van der Waals surface area (Å²) in [4.78, 5) is 26.5. The fourth-order valence-electron chi connectivity index (χ4n) is 2.98. The van der Waals surface area contributed by atoms with E-state index in [9.17, 15) is 9.59 Å². The summed E-state index contributed by atoms with van der Waals surface area (Å²) in [5.74, 6) is 0.419. The number of hydrogen-bond acceptors (Lipinski definition) is 2. The van der Waals surface area contributed by atoms with Gasteiger partial charge in [0, 0.05) is 13.0 Å². The van der Waals surface area contributed by atoms with Gasteiger partial charge in [0.1, 0.15) is 6.04 Å². The zero-order valence-corrected chi connectivity index (χ0v) is 12.6. The van der Waals surface area contributed by atoms with Crippen LogP contribution in [0.15, 0.2) is 24.3 Å². The molecule has 1 aromatic carbocycles. The number of rotatable bonds is 3. The molecule has 2 atom stereocenters. The molecule has 2 unspecified atom stereocenters. The van der Waals surface area contributed by atoms with Gasteiger partial charge in [-0.25, -0.2) is 0 Å². The fourth-order valence-corrected chi connectivity index (χ4v) is 2.98. The molecule has 2 fully saturated rings. The molecule has 0 aromatic heterocycles. The molecular formula is C17H22N2O2. The first-order valence-corrected chi connectivity index (χ1v) is 7.72. The van der Waals surface area contributed by atoms with Crippen LogP contribution in [0.3, 0.4) is 0 Å². The highest BCUT2D eigenvalue weighted by atomic mass is 16.2. The van der Waals surface area contributed by atoms with Crippen LogP contribution in [0.2, 0.25) is 0 Å². The second kappa shape index (κ2) is 5.51. The van der Waals surface area contributed by atoms with Gasteiger partial charge in [0.2, 0.25) is 11.8 Å². The first-order chi connectivity index (χ1) is 10.1. The third-order valence-electron chi connectivity index (χ3n) is 4.57. The van der Waals surface area contributed by atoms with E-state index >= 15 is 0 Å². The molecule has 1 aromatic rings. The lowest BCUT2D eigenvalue weighted by atomic mass is 10.0. The number of hydrogen-bond donors (Lipinski definition) is 1. The van der Waals surface area contributed by atoms with E-state index in [2.05, 4.69) is 36.5 Å². The quantitative estimate of drug-likeness (QED) is 0.926. The van der Waals surface area contributed by atoms with Crippen LogP contribution in [0.4, 0.5) is 0 Å². The third-order valence-corrected chi connectivity index (χ3v) is 4.57. The summed E-state index contributed by atoms with van der Waals surface area (Å²) >= 11 is 0. The highest BCUT2D eigenvalue weighted by Crippen LogP contribution is 2.35. The van der Waals surface area contributed by atoms with Gasteiger partial charge in [-0.2, -0.15) is 0 Å². The lowest BCUT2D eigenvalue weighted by Gasteiger charge is -2.30. The Morgan fingerprint density at radius 3 is 2.48 bits per heavy atom. The van der Waals surface area contributed by atoms with E-state index in [-0.39, 0.29) is 23.9 Å². The normalized spacial score (nSPS) is 24.5. The summed E-state index contributed by atoms with van der Waals surface area (Å²) in [6.45, 7) is 4.60.